The van der Waals surface area contributed by atoms with Gasteiger partial charge >= 0.3 is 6.36 Å². The Morgan fingerprint density at radius 2 is 2.07 bits per heavy atom. The lowest BCUT2D eigenvalue weighted by Gasteiger charge is -2.14. The van der Waals surface area contributed by atoms with Gasteiger partial charge in [-0.15, -0.1) is 13.2 Å². The van der Waals surface area contributed by atoms with Gasteiger partial charge in [0.25, 0.3) is 0 Å². The first-order chi connectivity index (χ1) is 6.85. The van der Waals surface area contributed by atoms with E-state index in [2.05, 4.69) is 9.72 Å². The van der Waals surface area contributed by atoms with Gasteiger partial charge in [0.05, 0.1) is 11.9 Å². The SMILES string of the molecule is NCc1ncc(O)c(N)c1OC(F)(F)F. The van der Waals surface area contributed by atoms with Crippen LogP contribution in [0.2, 0.25) is 0 Å². The van der Waals surface area contributed by atoms with E-state index in [1.54, 1.807) is 0 Å². The lowest BCUT2D eigenvalue weighted by atomic mass is 10.2. The van der Waals surface area contributed by atoms with Crippen LogP contribution in [0, 0.1) is 0 Å². The largest absolute Gasteiger partial charge is 0.573 e. The number of alkyl halides is 3. The number of rotatable bonds is 2. The Kier molecular flexibility index (Phi) is 2.89. The summed E-state index contributed by atoms with van der Waals surface area (Å²) in [5, 5.41) is 9.04. The Morgan fingerprint density at radius 1 is 1.47 bits per heavy atom. The Bertz CT molecular complexity index is 367. The van der Waals surface area contributed by atoms with Gasteiger partial charge in [-0.1, -0.05) is 0 Å². The quantitative estimate of drug-likeness (QED) is 0.686. The van der Waals surface area contributed by atoms with Crippen LogP contribution in [0.3, 0.4) is 0 Å². The first kappa shape index (κ1) is 11.4. The number of nitrogens with two attached hydrogens (primary N) is 2. The number of hydrogen-bond donors (Lipinski definition) is 3. The maximum absolute atomic E-state index is 11.9. The molecular weight excluding hydrogens is 215 g/mol. The number of aromatic hydroxyl groups is 1. The lowest BCUT2D eigenvalue weighted by Crippen LogP contribution is -2.20. The Balaban J connectivity index is 3.18. The molecule has 0 atom stereocenters. The molecule has 5 N–H and O–H groups in total. The molecule has 1 rings (SSSR count). The molecule has 0 saturated heterocycles. The van der Waals surface area contributed by atoms with Crippen LogP contribution in [0.25, 0.3) is 0 Å². The molecule has 0 radical (unpaired) electrons. The van der Waals surface area contributed by atoms with E-state index in [4.69, 9.17) is 16.6 Å². The topological polar surface area (TPSA) is 94.4 Å². The number of hydrogen-bond acceptors (Lipinski definition) is 5. The van der Waals surface area contributed by atoms with E-state index in [1.807, 2.05) is 0 Å². The van der Waals surface area contributed by atoms with Crippen molar-refractivity contribution in [2.75, 3.05) is 5.73 Å². The molecule has 0 amide bonds. The molecule has 0 aromatic carbocycles. The van der Waals surface area contributed by atoms with Crippen molar-refractivity contribution in [3.8, 4) is 11.5 Å². The van der Waals surface area contributed by atoms with E-state index >= 15 is 0 Å². The van der Waals surface area contributed by atoms with Crippen LogP contribution in [0.15, 0.2) is 6.20 Å². The molecule has 0 aliphatic rings. The summed E-state index contributed by atoms with van der Waals surface area (Å²) < 4.78 is 39.4. The summed E-state index contributed by atoms with van der Waals surface area (Å²) in [6.45, 7) is -0.282. The van der Waals surface area contributed by atoms with E-state index in [0.717, 1.165) is 6.20 Å². The molecular formula is C7H8F3N3O2. The van der Waals surface area contributed by atoms with Crippen LogP contribution < -0.4 is 16.2 Å². The summed E-state index contributed by atoms with van der Waals surface area (Å²) in [6.07, 6.45) is -4.01. The van der Waals surface area contributed by atoms with E-state index in [1.165, 1.54) is 0 Å². The van der Waals surface area contributed by atoms with Crippen molar-refractivity contribution in [1.82, 2.24) is 4.98 Å². The second-order valence-corrected chi connectivity index (χ2v) is 2.58. The van der Waals surface area contributed by atoms with Crippen molar-refractivity contribution in [3.05, 3.63) is 11.9 Å². The molecule has 5 nitrogen and oxygen atoms in total. The predicted octanol–water partition coefficient (Wildman–Crippen LogP) is 0.727. The number of anilines is 1. The fourth-order valence-electron chi connectivity index (χ4n) is 0.914. The summed E-state index contributed by atoms with van der Waals surface area (Å²) >= 11 is 0. The van der Waals surface area contributed by atoms with Crippen molar-refractivity contribution in [2.24, 2.45) is 5.73 Å². The normalized spacial score (nSPS) is 11.5. The fraction of sp³-hybridized carbons (Fsp3) is 0.286. The van der Waals surface area contributed by atoms with E-state index in [9.17, 15) is 13.2 Å². The van der Waals surface area contributed by atoms with Crippen LogP contribution in [0.5, 0.6) is 11.5 Å². The van der Waals surface area contributed by atoms with Crippen molar-refractivity contribution in [3.63, 3.8) is 0 Å². The van der Waals surface area contributed by atoms with Crippen LogP contribution in [0.1, 0.15) is 5.69 Å². The molecule has 15 heavy (non-hydrogen) atoms. The standard InChI is InChI=1S/C7H8F3N3O2/c8-7(9,10)15-6-3(1-11)13-2-4(14)5(6)12/h2,14H,1,11H2,(H2,12,13). The molecule has 84 valence electrons. The number of pyridine rings is 1. The van der Waals surface area contributed by atoms with Crippen LogP contribution in [-0.4, -0.2) is 16.5 Å². The average molecular weight is 223 g/mol. The molecule has 1 aromatic rings. The van der Waals surface area contributed by atoms with Crippen LogP contribution >= 0.6 is 0 Å². The van der Waals surface area contributed by atoms with Gasteiger partial charge in [-0.05, 0) is 0 Å². The smallest absolute Gasteiger partial charge is 0.504 e. The molecule has 0 bridgehead atoms. The minimum Gasteiger partial charge on any atom is -0.504 e. The molecule has 0 fully saturated rings. The Hall–Kier alpha value is -1.70. The van der Waals surface area contributed by atoms with Crippen LogP contribution in [0.4, 0.5) is 18.9 Å². The molecule has 0 spiro atoms. The summed E-state index contributed by atoms with van der Waals surface area (Å²) in [5.41, 5.74) is 9.62. The molecule has 1 aromatic heterocycles. The van der Waals surface area contributed by atoms with E-state index < -0.39 is 23.5 Å². The summed E-state index contributed by atoms with van der Waals surface area (Å²) in [5.74, 6) is -1.35. The highest BCUT2D eigenvalue weighted by molar-refractivity contribution is 5.63. The lowest BCUT2D eigenvalue weighted by molar-refractivity contribution is -0.274. The Labute approximate surface area is 82.5 Å². The molecule has 1 heterocycles. The van der Waals surface area contributed by atoms with Crippen LogP contribution in [-0.2, 0) is 6.54 Å². The minimum absolute atomic E-state index is 0.178. The zero-order chi connectivity index (χ0) is 11.6. The van der Waals surface area contributed by atoms with Gasteiger partial charge in [-0.25, -0.2) is 0 Å². The summed E-state index contributed by atoms with van der Waals surface area (Å²) in [7, 11) is 0. The van der Waals surface area contributed by atoms with Gasteiger partial charge in [0.1, 0.15) is 5.69 Å². The van der Waals surface area contributed by atoms with Crippen molar-refractivity contribution < 1.29 is 23.0 Å². The second kappa shape index (κ2) is 3.81. The first-order valence-corrected chi connectivity index (χ1v) is 3.77. The van der Waals surface area contributed by atoms with Crippen molar-refractivity contribution in [2.45, 2.75) is 12.9 Å². The predicted molar refractivity (Wildman–Crippen MR) is 44.9 cm³/mol. The van der Waals surface area contributed by atoms with Gasteiger partial charge in [-0.2, -0.15) is 0 Å². The van der Waals surface area contributed by atoms with E-state index in [0.29, 0.717) is 0 Å². The maximum atomic E-state index is 11.9. The summed E-state index contributed by atoms with van der Waals surface area (Å²) in [4.78, 5) is 3.46. The third-order valence-electron chi connectivity index (χ3n) is 1.54. The fourth-order valence-corrected chi connectivity index (χ4v) is 0.914. The minimum atomic E-state index is -4.91. The molecule has 0 aliphatic heterocycles. The second-order valence-electron chi connectivity index (χ2n) is 2.58. The number of aromatic nitrogens is 1. The molecule has 8 heteroatoms. The zero-order valence-corrected chi connectivity index (χ0v) is 7.38. The van der Waals surface area contributed by atoms with Gasteiger partial charge < -0.3 is 21.3 Å². The third kappa shape index (κ3) is 2.62. The molecule has 0 saturated carbocycles. The average Bonchev–Trinajstić information content (AvgIpc) is 2.11. The Morgan fingerprint density at radius 3 is 2.53 bits per heavy atom. The number of halogens is 3. The molecule has 0 unspecified atom stereocenters. The van der Waals surface area contributed by atoms with Gasteiger partial charge in [0.15, 0.2) is 11.5 Å². The van der Waals surface area contributed by atoms with Crippen molar-refractivity contribution >= 4 is 5.69 Å². The van der Waals surface area contributed by atoms with E-state index in [-0.39, 0.29) is 12.2 Å². The van der Waals surface area contributed by atoms with Crippen molar-refractivity contribution in [1.29, 1.82) is 0 Å². The number of nitrogens with zero attached hydrogens (tertiary/aromatic N) is 1. The van der Waals surface area contributed by atoms with Gasteiger partial charge in [0.2, 0.25) is 0 Å². The van der Waals surface area contributed by atoms with Gasteiger partial charge in [-0.3, -0.25) is 4.98 Å². The maximum Gasteiger partial charge on any atom is 0.573 e. The third-order valence-corrected chi connectivity index (χ3v) is 1.54. The highest BCUT2D eigenvalue weighted by Crippen LogP contribution is 2.35. The summed E-state index contributed by atoms with van der Waals surface area (Å²) in [6, 6.07) is 0. The first-order valence-electron chi connectivity index (χ1n) is 3.77. The van der Waals surface area contributed by atoms with Gasteiger partial charge in [0, 0.05) is 6.54 Å². The zero-order valence-electron chi connectivity index (χ0n) is 7.38. The number of nitrogen functional groups attached to an aromatic ring is 1. The molecule has 0 aliphatic carbocycles. The highest BCUT2D eigenvalue weighted by atomic mass is 19.4. The monoisotopic (exact) mass is 223 g/mol. The highest BCUT2D eigenvalue weighted by Gasteiger charge is 2.33. The number of ether oxygens (including phenoxy) is 1.